The van der Waals surface area contributed by atoms with Crippen LogP contribution in [0.25, 0.3) is 0 Å². The molecule has 0 fully saturated rings. The number of methoxy groups -OCH3 is 1. The third-order valence-corrected chi connectivity index (χ3v) is 2.73. The van der Waals surface area contributed by atoms with Crippen LogP contribution < -0.4 is 15.8 Å². The highest BCUT2D eigenvalue weighted by molar-refractivity contribution is 5.68. The average Bonchev–Trinajstić information content (AvgIpc) is 2.27. The number of hydrogen-bond acceptors (Lipinski definition) is 4. The standard InChI is InChI=1S/C12H21N3O/c1-9(15(2)3)8-14-12-7-10(16-4)5-6-11(12)13/h5-7,9,14H,8,13H2,1-4H3. The lowest BCUT2D eigenvalue weighted by Crippen LogP contribution is -2.31. The normalized spacial score (nSPS) is 12.6. The second kappa shape index (κ2) is 5.61. The Morgan fingerprint density at radius 1 is 1.44 bits per heavy atom. The van der Waals surface area contributed by atoms with Gasteiger partial charge in [-0.1, -0.05) is 0 Å². The first-order valence-corrected chi connectivity index (χ1v) is 5.38. The van der Waals surface area contributed by atoms with Gasteiger partial charge >= 0.3 is 0 Å². The molecule has 0 heterocycles. The summed E-state index contributed by atoms with van der Waals surface area (Å²) in [5.74, 6) is 0.814. The quantitative estimate of drug-likeness (QED) is 0.745. The van der Waals surface area contributed by atoms with Gasteiger partial charge in [0.1, 0.15) is 5.75 Å². The first-order valence-electron chi connectivity index (χ1n) is 5.38. The van der Waals surface area contributed by atoms with Crippen molar-refractivity contribution < 1.29 is 4.74 Å². The van der Waals surface area contributed by atoms with E-state index in [1.165, 1.54) is 0 Å². The molecule has 90 valence electrons. The number of likely N-dealkylation sites (N-methyl/N-ethyl adjacent to an activating group) is 1. The van der Waals surface area contributed by atoms with E-state index < -0.39 is 0 Å². The number of ether oxygens (including phenoxy) is 1. The number of nitrogens with zero attached hydrogens (tertiary/aromatic N) is 1. The van der Waals surface area contributed by atoms with Gasteiger partial charge in [0.15, 0.2) is 0 Å². The molecule has 1 unspecified atom stereocenters. The summed E-state index contributed by atoms with van der Waals surface area (Å²) in [7, 11) is 5.76. The Balaban J connectivity index is 2.65. The zero-order valence-corrected chi connectivity index (χ0v) is 10.4. The molecule has 0 saturated heterocycles. The maximum atomic E-state index is 5.87. The van der Waals surface area contributed by atoms with Crippen molar-refractivity contribution >= 4 is 11.4 Å². The zero-order valence-electron chi connectivity index (χ0n) is 10.4. The summed E-state index contributed by atoms with van der Waals surface area (Å²) in [5.41, 5.74) is 7.54. The maximum Gasteiger partial charge on any atom is 0.121 e. The summed E-state index contributed by atoms with van der Waals surface area (Å²) < 4.78 is 5.16. The molecule has 0 aliphatic carbocycles. The van der Waals surface area contributed by atoms with Gasteiger partial charge < -0.3 is 20.7 Å². The third kappa shape index (κ3) is 3.31. The minimum atomic E-state index is 0.450. The fraction of sp³-hybridized carbons (Fsp3) is 0.500. The van der Waals surface area contributed by atoms with E-state index in [0.29, 0.717) is 6.04 Å². The van der Waals surface area contributed by atoms with Crippen molar-refractivity contribution in [2.24, 2.45) is 0 Å². The predicted molar refractivity (Wildman–Crippen MR) is 69.0 cm³/mol. The fourth-order valence-corrected chi connectivity index (χ4v) is 1.26. The van der Waals surface area contributed by atoms with Crippen LogP contribution in [0.1, 0.15) is 6.92 Å². The number of nitrogens with one attached hydrogen (secondary N) is 1. The van der Waals surface area contributed by atoms with E-state index in [1.807, 2.05) is 18.2 Å². The highest BCUT2D eigenvalue weighted by Crippen LogP contribution is 2.24. The SMILES string of the molecule is COc1ccc(N)c(NCC(C)N(C)C)c1. The summed E-state index contributed by atoms with van der Waals surface area (Å²) in [6.07, 6.45) is 0. The minimum absolute atomic E-state index is 0.450. The minimum Gasteiger partial charge on any atom is -0.497 e. The van der Waals surface area contributed by atoms with E-state index in [9.17, 15) is 0 Å². The molecule has 0 aliphatic rings. The van der Waals surface area contributed by atoms with Crippen molar-refractivity contribution in [3.05, 3.63) is 18.2 Å². The van der Waals surface area contributed by atoms with Crippen molar-refractivity contribution in [2.75, 3.05) is 38.8 Å². The highest BCUT2D eigenvalue weighted by atomic mass is 16.5. The van der Waals surface area contributed by atoms with Gasteiger partial charge in [-0.15, -0.1) is 0 Å². The first kappa shape index (κ1) is 12.6. The number of anilines is 2. The van der Waals surface area contributed by atoms with Crippen LogP contribution in [-0.2, 0) is 0 Å². The monoisotopic (exact) mass is 223 g/mol. The average molecular weight is 223 g/mol. The van der Waals surface area contributed by atoms with E-state index in [0.717, 1.165) is 23.7 Å². The van der Waals surface area contributed by atoms with Crippen LogP contribution in [0.5, 0.6) is 5.75 Å². The molecule has 0 aromatic heterocycles. The van der Waals surface area contributed by atoms with E-state index in [2.05, 4.69) is 31.2 Å². The lowest BCUT2D eigenvalue weighted by Gasteiger charge is -2.21. The molecular formula is C12H21N3O. The van der Waals surface area contributed by atoms with E-state index >= 15 is 0 Å². The van der Waals surface area contributed by atoms with Gasteiger partial charge in [-0.2, -0.15) is 0 Å². The third-order valence-electron chi connectivity index (χ3n) is 2.73. The maximum absolute atomic E-state index is 5.87. The topological polar surface area (TPSA) is 50.5 Å². The van der Waals surface area contributed by atoms with Crippen LogP contribution in [0, 0.1) is 0 Å². The summed E-state index contributed by atoms with van der Waals surface area (Å²) >= 11 is 0. The van der Waals surface area contributed by atoms with Crippen LogP contribution in [0.2, 0.25) is 0 Å². The Bertz CT molecular complexity index is 339. The summed E-state index contributed by atoms with van der Waals surface area (Å²) in [6, 6.07) is 6.07. The fourth-order valence-electron chi connectivity index (χ4n) is 1.26. The van der Waals surface area contributed by atoms with Crippen molar-refractivity contribution in [3.63, 3.8) is 0 Å². The molecule has 4 nitrogen and oxygen atoms in total. The Kier molecular flexibility index (Phi) is 4.43. The zero-order chi connectivity index (χ0) is 12.1. The molecule has 0 spiro atoms. The smallest absolute Gasteiger partial charge is 0.121 e. The Hall–Kier alpha value is -1.42. The Morgan fingerprint density at radius 2 is 2.12 bits per heavy atom. The Morgan fingerprint density at radius 3 is 2.69 bits per heavy atom. The van der Waals surface area contributed by atoms with Crippen LogP contribution in [0.3, 0.4) is 0 Å². The second-order valence-electron chi connectivity index (χ2n) is 4.15. The van der Waals surface area contributed by atoms with Gasteiger partial charge in [0.05, 0.1) is 18.5 Å². The molecule has 3 N–H and O–H groups in total. The van der Waals surface area contributed by atoms with Crippen molar-refractivity contribution in [1.29, 1.82) is 0 Å². The molecule has 1 rings (SSSR count). The summed E-state index contributed by atoms with van der Waals surface area (Å²) in [6.45, 7) is 3.01. The van der Waals surface area contributed by atoms with E-state index in [4.69, 9.17) is 10.5 Å². The largest absolute Gasteiger partial charge is 0.497 e. The molecule has 1 aromatic carbocycles. The summed E-state index contributed by atoms with van der Waals surface area (Å²) in [5, 5.41) is 3.32. The molecule has 0 radical (unpaired) electrons. The molecule has 0 saturated carbocycles. The van der Waals surface area contributed by atoms with Crippen LogP contribution in [0.4, 0.5) is 11.4 Å². The lowest BCUT2D eigenvalue weighted by molar-refractivity contribution is 0.326. The molecule has 1 aromatic rings. The van der Waals surface area contributed by atoms with Gasteiger partial charge in [0.25, 0.3) is 0 Å². The number of nitrogens with two attached hydrogens (primary N) is 1. The molecule has 4 heteroatoms. The molecule has 16 heavy (non-hydrogen) atoms. The van der Waals surface area contributed by atoms with E-state index in [-0.39, 0.29) is 0 Å². The lowest BCUT2D eigenvalue weighted by atomic mass is 10.2. The molecule has 0 aliphatic heterocycles. The number of rotatable bonds is 5. The van der Waals surface area contributed by atoms with Gasteiger partial charge in [-0.25, -0.2) is 0 Å². The molecule has 0 bridgehead atoms. The van der Waals surface area contributed by atoms with Gasteiger partial charge in [-0.3, -0.25) is 0 Å². The number of hydrogen-bond donors (Lipinski definition) is 2. The molecule has 1 atom stereocenters. The number of benzene rings is 1. The van der Waals surface area contributed by atoms with Crippen molar-refractivity contribution in [1.82, 2.24) is 4.90 Å². The van der Waals surface area contributed by atoms with E-state index in [1.54, 1.807) is 7.11 Å². The van der Waals surface area contributed by atoms with Gasteiger partial charge in [0, 0.05) is 18.7 Å². The van der Waals surface area contributed by atoms with Crippen LogP contribution in [-0.4, -0.2) is 38.7 Å². The van der Waals surface area contributed by atoms with Gasteiger partial charge in [0.2, 0.25) is 0 Å². The highest BCUT2D eigenvalue weighted by Gasteiger charge is 2.06. The van der Waals surface area contributed by atoms with Crippen molar-refractivity contribution in [3.8, 4) is 5.75 Å². The number of nitrogen functional groups attached to an aromatic ring is 1. The van der Waals surface area contributed by atoms with Gasteiger partial charge in [-0.05, 0) is 33.2 Å². The van der Waals surface area contributed by atoms with Crippen molar-refractivity contribution in [2.45, 2.75) is 13.0 Å². The molecule has 0 amide bonds. The first-order chi connectivity index (χ1) is 7.54. The Labute approximate surface area is 97.4 Å². The predicted octanol–water partition coefficient (Wildman–Crippen LogP) is 1.64. The second-order valence-corrected chi connectivity index (χ2v) is 4.15. The van der Waals surface area contributed by atoms with Crippen LogP contribution >= 0.6 is 0 Å². The summed E-state index contributed by atoms with van der Waals surface area (Å²) in [4.78, 5) is 2.16. The van der Waals surface area contributed by atoms with Crippen LogP contribution in [0.15, 0.2) is 18.2 Å². The molecular weight excluding hydrogens is 202 g/mol.